The van der Waals surface area contributed by atoms with Gasteiger partial charge >= 0.3 is 0 Å². The van der Waals surface area contributed by atoms with Crippen LogP contribution in [0, 0.1) is 23.7 Å². The molecule has 3 fully saturated rings. The smallest absolute Gasteiger partial charge is 0.195 e. The Bertz CT molecular complexity index is 314. The van der Waals surface area contributed by atoms with Crippen LogP contribution in [0.25, 0.3) is 0 Å². The van der Waals surface area contributed by atoms with Crippen molar-refractivity contribution in [3.8, 4) is 0 Å². The van der Waals surface area contributed by atoms with Gasteiger partial charge in [-0.05, 0) is 24.7 Å². The second-order valence-corrected chi connectivity index (χ2v) is 7.53. The number of hydrogen-bond acceptors (Lipinski definition) is 4. The van der Waals surface area contributed by atoms with E-state index in [1.165, 1.54) is 12.8 Å². The van der Waals surface area contributed by atoms with Crippen molar-refractivity contribution in [3.05, 3.63) is 0 Å². The van der Waals surface area contributed by atoms with Crippen molar-refractivity contribution in [1.29, 1.82) is 0 Å². The average Bonchev–Trinajstić information content (AvgIpc) is 2.42. The summed E-state index contributed by atoms with van der Waals surface area (Å²) in [5.41, 5.74) is 0. The lowest BCUT2D eigenvalue weighted by molar-refractivity contribution is -0.676. The molecule has 20 heavy (non-hydrogen) atoms. The monoisotopic (exact) mass is 284 g/mol. The highest BCUT2D eigenvalue weighted by Gasteiger charge is 2.56. The highest BCUT2D eigenvalue weighted by atomic mass is 17.4. The van der Waals surface area contributed by atoms with Gasteiger partial charge in [0.25, 0.3) is 0 Å². The van der Waals surface area contributed by atoms with Crippen molar-refractivity contribution in [2.45, 2.75) is 77.8 Å². The predicted octanol–water partition coefficient (Wildman–Crippen LogP) is 4.20. The fourth-order valence-corrected chi connectivity index (χ4v) is 3.86. The van der Waals surface area contributed by atoms with Crippen LogP contribution in [0.5, 0.6) is 0 Å². The van der Waals surface area contributed by atoms with Gasteiger partial charge in [-0.3, -0.25) is 0 Å². The average molecular weight is 284 g/mol. The maximum absolute atomic E-state index is 5.85. The Morgan fingerprint density at radius 1 is 0.600 bits per heavy atom. The summed E-state index contributed by atoms with van der Waals surface area (Å²) in [5.74, 6) is 0.345. The van der Waals surface area contributed by atoms with Crippen LogP contribution in [0.15, 0.2) is 0 Å². The Labute approximate surface area is 122 Å². The maximum atomic E-state index is 5.85. The summed E-state index contributed by atoms with van der Waals surface area (Å²) in [7, 11) is 0. The Morgan fingerprint density at radius 3 is 1.30 bits per heavy atom. The van der Waals surface area contributed by atoms with Gasteiger partial charge < -0.3 is 0 Å². The van der Waals surface area contributed by atoms with E-state index in [1.54, 1.807) is 0 Å². The van der Waals surface area contributed by atoms with Crippen molar-refractivity contribution in [2.24, 2.45) is 23.7 Å². The molecule has 3 rings (SSSR count). The molecule has 116 valence electrons. The van der Waals surface area contributed by atoms with Crippen LogP contribution in [-0.4, -0.2) is 11.6 Å². The first-order valence-corrected chi connectivity index (χ1v) is 8.19. The van der Waals surface area contributed by atoms with Gasteiger partial charge in [-0.1, -0.05) is 40.5 Å². The molecule has 2 spiro atoms. The fraction of sp³-hybridized carbons (Fsp3) is 1.00. The third-order valence-electron chi connectivity index (χ3n) is 5.60. The molecular formula is C16H28O4. The van der Waals surface area contributed by atoms with Crippen LogP contribution in [0.4, 0.5) is 0 Å². The first kappa shape index (κ1) is 14.8. The van der Waals surface area contributed by atoms with Crippen LogP contribution in [0.2, 0.25) is 0 Å². The predicted molar refractivity (Wildman–Crippen MR) is 74.2 cm³/mol. The fourth-order valence-electron chi connectivity index (χ4n) is 3.86. The van der Waals surface area contributed by atoms with Crippen molar-refractivity contribution in [3.63, 3.8) is 0 Å². The van der Waals surface area contributed by atoms with Crippen molar-refractivity contribution in [1.82, 2.24) is 0 Å². The van der Waals surface area contributed by atoms with Gasteiger partial charge in [0.05, 0.1) is 0 Å². The van der Waals surface area contributed by atoms with E-state index in [-0.39, 0.29) is 0 Å². The Morgan fingerprint density at radius 2 is 0.950 bits per heavy atom. The molecule has 0 radical (unpaired) electrons. The Hall–Kier alpha value is -0.160. The topological polar surface area (TPSA) is 36.9 Å². The largest absolute Gasteiger partial charge is 0.237 e. The van der Waals surface area contributed by atoms with Crippen LogP contribution in [0.1, 0.15) is 66.2 Å². The lowest BCUT2D eigenvalue weighted by Gasteiger charge is -2.51. The summed E-state index contributed by atoms with van der Waals surface area (Å²) in [6.45, 7) is 8.78. The molecule has 1 saturated heterocycles. The van der Waals surface area contributed by atoms with Gasteiger partial charge in [-0.2, -0.15) is 19.6 Å². The van der Waals surface area contributed by atoms with E-state index in [0.717, 1.165) is 25.7 Å². The molecular weight excluding hydrogens is 256 g/mol. The molecule has 2 saturated carbocycles. The van der Waals surface area contributed by atoms with Crippen LogP contribution >= 0.6 is 0 Å². The molecule has 0 N–H and O–H groups in total. The van der Waals surface area contributed by atoms with E-state index in [0.29, 0.717) is 23.7 Å². The molecule has 0 amide bonds. The van der Waals surface area contributed by atoms with Gasteiger partial charge in [-0.15, -0.1) is 0 Å². The van der Waals surface area contributed by atoms with Gasteiger partial charge in [0, 0.05) is 24.7 Å². The summed E-state index contributed by atoms with van der Waals surface area (Å²) >= 11 is 0. The minimum absolute atomic E-state index is 0.298. The van der Waals surface area contributed by atoms with Crippen LogP contribution in [0.3, 0.4) is 0 Å². The second kappa shape index (κ2) is 5.24. The molecule has 4 atom stereocenters. The molecule has 0 aromatic heterocycles. The van der Waals surface area contributed by atoms with E-state index in [4.69, 9.17) is 19.6 Å². The molecule has 4 nitrogen and oxygen atoms in total. The molecule has 4 heteroatoms. The highest BCUT2D eigenvalue weighted by Crippen LogP contribution is 2.49. The zero-order chi connectivity index (χ0) is 14.4. The normalized spacial score (nSPS) is 53.4. The van der Waals surface area contributed by atoms with Crippen LogP contribution < -0.4 is 0 Å². The van der Waals surface area contributed by atoms with Gasteiger partial charge in [0.1, 0.15) is 0 Å². The van der Waals surface area contributed by atoms with Gasteiger partial charge in [0.2, 0.25) is 11.6 Å². The lowest BCUT2D eigenvalue weighted by Crippen LogP contribution is -2.59. The molecule has 1 aliphatic heterocycles. The first-order chi connectivity index (χ1) is 9.46. The summed E-state index contributed by atoms with van der Waals surface area (Å²) in [5, 5.41) is 0. The molecule has 1 heterocycles. The minimum atomic E-state index is -0.705. The lowest BCUT2D eigenvalue weighted by atomic mass is 9.78. The Kier molecular flexibility index (Phi) is 3.87. The molecule has 3 aliphatic rings. The van der Waals surface area contributed by atoms with E-state index in [9.17, 15) is 0 Å². The summed E-state index contributed by atoms with van der Waals surface area (Å²) in [4.78, 5) is 23.4. The summed E-state index contributed by atoms with van der Waals surface area (Å²) in [6.07, 6.45) is 6.30. The van der Waals surface area contributed by atoms with Gasteiger partial charge in [-0.25, -0.2) is 0 Å². The highest BCUT2D eigenvalue weighted by molar-refractivity contribution is 4.88. The number of hydrogen-bond donors (Lipinski definition) is 0. The van der Waals surface area contributed by atoms with Crippen molar-refractivity contribution in [2.75, 3.05) is 0 Å². The zero-order valence-corrected chi connectivity index (χ0v) is 13.2. The molecule has 0 aromatic rings. The summed E-state index contributed by atoms with van der Waals surface area (Å²) < 4.78 is 0. The summed E-state index contributed by atoms with van der Waals surface area (Å²) in [6, 6.07) is 0. The van der Waals surface area contributed by atoms with Crippen LogP contribution in [-0.2, 0) is 19.6 Å². The standard InChI is InChI=1S/C16H28O4/c1-11-5-7-13(3)15(9-11)17-19-16(20-18-15)10-12(2)6-8-14(16)4/h11-14H,5-10H2,1-4H3/t11-,12-,13+,14+,15?,16?/m1/s1. The quantitative estimate of drug-likeness (QED) is 0.625. The molecule has 0 bridgehead atoms. The van der Waals surface area contributed by atoms with E-state index in [1.807, 2.05) is 0 Å². The second-order valence-electron chi connectivity index (χ2n) is 7.53. The Balaban J connectivity index is 1.72. The molecule has 0 aromatic carbocycles. The third-order valence-corrected chi connectivity index (χ3v) is 5.60. The van der Waals surface area contributed by atoms with Crippen molar-refractivity contribution >= 4 is 0 Å². The zero-order valence-electron chi connectivity index (χ0n) is 13.2. The van der Waals surface area contributed by atoms with E-state index in [2.05, 4.69) is 27.7 Å². The van der Waals surface area contributed by atoms with Gasteiger partial charge in [0.15, 0.2) is 0 Å². The third kappa shape index (κ3) is 2.41. The molecule has 0 unspecified atom stereocenters. The molecule has 2 aliphatic carbocycles. The van der Waals surface area contributed by atoms with E-state index < -0.39 is 11.6 Å². The maximum Gasteiger partial charge on any atom is 0.237 e. The first-order valence-electron chi connectivity index (χ1n) is 8.19. The van der Waals surface area contributed by atoms with E-state index >= 15 is 0 Å². The minimum Gasteiger partial charge on any atom is -0.195 e. The van der Waals surface area contributed by atoms with Crippen molar-refractivity contribution < 1.29 is 19.6 Å². The SMILES string of the molecule is C[C@@H]1CC[C@H](C)C2(C1)OOC1(C[C@H](C)CC[C@@H]1C)OO2. The number of rotatable bonds is 0.